The topological polar surface area (TPSA) is 236 Å². The number of hydrogen-bond acceptors (Lipinski definition) is 20. The van der Waals surface area contributed by atoms with Crippen molar-refractivity contribution in [2.75, 3.05) is 143 Å². The number of pyridine rings is 2. The number of aromatic nitrogens is 6. The second-order valence-corrected chi connectivity index (χ2v) is 27.4. The number of carbonyl (C=O) groups is 2. The van der Waals surface area contributed by atoms with Crippen molar-refractivity contribution >= 4 is 57.8 Å². The number of ether oxygens (including phenoxy) is 2. The minimum Gasteiger partial charge on any atom is -0.381 e. The monoisotopic (exact) mass is 1230 g/mol. The molecule has 0 radical (unpaired) electrons. The van der Waals surface area contributed by atoms with Gasteiger partial charge in [0, 0.05) is 174 Å². The van der Waals surface area contributed by atoms with Crippen molar-refractivity contribution in [1.82, 2.24) is 54.8 Å². The van der Waals surface area contributed by atoms with Gasteiger partial charge in [-0.3, -0.25) is 34.3 Å². The fourth-order valence-electron chi connectivity index (χ4n) is 15.5. The zero-order valence-electron chi connectivity index (χ0n) is 52.8. The van der Waals surface area contributed by atoms with Crippen LogP contribution in [0, 0.1) is 17.8 Å². The van der Waals surface area contributed by atoms with E-state index in [4.69, 9.17) is 40.1 Å². The summed E-state index contributed by atoms with van der Waals surface area (Å²) in [5.41, 5.74) is 14.1. The third-order valence-corrected chi connectivity index (χ3v) is 21.5. The molecule has 22 nitrogen and oxygen atoms in total. The Morgan fingerprint density at radius 3 is 1.62 bits per heavy atom. The second kappa shape index (κ2) is 25.5. The summed E-state index contributed by atoms with van der Waals surface area (Å²) in [6.45, 7) is 17.5. The lowest BCUT2D eigenvalue weighted by Crippen LogP contribution is -2.54. The second-order valence-electron chi connectivity index (χ2n) is 27.4. The SMILES string of the molecule is Cc1cc(Nc2nc(NC3CCOCC34CC4)c(-c3ccccn3)nc2C(=O)NC2CC2N2CCN(C3CCN(c4ccc(Nc5nc(NC6CCOCC67CC7)c(-c6ccccn6)nc5C(N)=O)cc4)CC3)CC2)ccc1N1CCC(N2CCN(C)CC2)CC1. The molecule has 6 aliphatic heterocycles. The third kappa shape index (κ3) is 12.9. The minimum atomic E-state index is -0.670. The molecule has 478 valence electrons. The molecule has 4 unspecified atom stereocenters. The molecule has 22 heteroatoms. The predicted octanol–water partition coefficient (Wildman–Crippen LogP) is 7.62. The van der Waals surface area contributed by atoms with Crippen molar-refractivity contribution < 1.29 is 19.1 Å². The standard InChI is InChI=1S/C69H88N18O4/c1-45-41-47(11-14-54(45)86-29-17-50(18-30-86)84-33-31-82(2)32-34-84)74-66-61(79-59(52-8-4-6-26-72-52)64(81-66)77-57-20-40-91-44-69(57)23-24-69)67(89)75-53-42-55(53)87-37-35-85(36-38-87)49-15-27-83(28-16-49)48-12-9-46(10-13-48)73-65-60(62(70)88)78-58(51-7-3-5-25-71-51)63(80-65)76-56-19-39-90-43-68(56)21-22-68/h3-14,25-26,41,49-50,53,55-57H,15-24,27-40,42-44H2,1-2H3,(H2,70,88)(H,75,89)(H2,73,76,80)(H2,74,77,81). The number of carbonyl (C=O) groups excluding carboxylic acids is 2. The first kappa shape index (κ1) is 59.7. The molecule has 3 saturated carbocycles. The van der Waals surface area contributed by atoms with Crippen LogP contribution in [0.15, 0.2) is 91.3 Å². The van der Waals surface area contributed by atoms with E-state index in [0.717, 1.165) is 167 Å². The minimum absolute atomic E-state index is 0.0101. The fraction of sp³-hybridized carbons (Fsp3) is 0.536. The van der Waals surface area contributed by atoms with Gasteiger partial charge in [0.25, 0.3) is 11.8 Å². The Labute approximate surface area is 533 Å². The van der Waals surface area contributed by atoms with Gasteiger partial charge in [-0.15, -0.1) is 0 Å². The van der Waals surface area contributed by atoms with Crippen LogP contribution in [0.3, 0.4) is 0 Å². The highest BCUT2D eigenvalue weighted by Gasteiger charge is 2.53. The number of aryl methyl sites for hydroxylation is 1. The molecule has 6 aromatic rings. The lowest BCUT2D eigenvalue weighted by molar-refractivity contribution is 0.0350. The highest BCUT2D eigenvalue weighted by Crippen LogP contribution is 2.54. The molecule has 9 aliphatic rings. The maximum absolute atomic E-state index is 14.9. The van der Waals surface area contributed by atoms with Gasteiger partial charge in [0.15, 0.2) is 34.7 Å². The van der Waals surface area contributed by atoms with Crippen LogP contribution in [-0.2, 0) is 9.47 Å². The lowest BCUT2D eigenvalue weighted by atomic mass is 9.92. The highest BCUT2D eigenvalue weighted by atomic mass is 16.5. The molecule has 91 heavy (non-hydrogen) atoms. The van der Waals surface area contributed by atoms with E-state index in [2.05, 4.69) is 105 Å². The summed E-state index contributed by atoms with van der Waals surface area (Å²) in [6.07, 6.45) is 15.0. The Bertz CT molecular complexity index is 3560. The van der Waals surface area contributed by atoms with Gasteiger partial charge in [0.2, 0.25) is 0 Å². The van der Waals surface area contributed by atoms with Gasteiger partial charge in [0.1, 0.15) is 11.4 Å². The molecular formula is C69H88N18O4. The van der Waals surface area contributed by atoms with Crippen molar-refractivity contribution in [3.63, 3.8) is 0 Å². The van der Waals surface area contributed by atoms with Gasteiger partial charge >= 0.3 is 0 Å². The van der Waals surface area contributed by atoms with Crippen molar-refractivity contribution in [2.24, 2.45) is 16.6 Å². The molecule has 4 aromatic heterocycles. The van der Waals surface area contributed by atoms with E-state index in [1.807, 2.05) is 48.5 Å². The molecule has 7 N–H and O–H groups in total. The molecule has 10 heterocycles. The maximum atomic E-state index is 14.9. The number of nitrogens with two attached hydrogens (primary N) is 1. The Balaban J connectivity index is 0.579. The summed E-state index contributed by atoms with van der Waals surface area (Å²) >= 11 is 0. The first-order valence-electron chi connectivity index (χ1n) is 33.6. The van der Waals surface area contributed by atoms with E-state index in [9.17, 15) is 9.59 Å². The van der Waals surface area contributed by atoms with Crippen LogP contribution in [0.4, 0.5) is 46.0 Å². The molecule has 3 aliphatic carbocycles. The highest BCUT2D eigenvalue weighted by molar-refractivity contribution is 5.99. The van der Waals surface area contributed by atoms with Crippen molar-refractivity contribution in [2.45, 2.75) is 114 Å². The Morgan fingerprint density at radius 2 is 1.08 bits per heavy atom. The van der Waals surface area contributed by atoms with Crippen LogP contribution in [0.5, 0.6) is 0 Å². The summed E-state index contributed by atoms with van der Waals surface area (Å²) in [4.78, 5) is 73.0. The van der Waals surface area contributed by atoms with Gasteiger partial charge in [-0.1, -0.05) is 12.1 Å². The van der Waals surface area contributed by atoms with E-state index in [1.165, 1.54) is 24.1 Å². The number of anilines is 8. The summed E-state index contributed by atoms with van der Waals surface area (Å²) in [5, 5.41) is 18.0. The molecule has 6 saturated heterocycles. The van der Waals surface area contributed by atoms with Gasteiger partial charge in [0.05, 0.1) is 24.6 Å². The van der Waals surface area contributed by atoms with Crippen LogP contribution in [-0.4, -0.2) is 210 Å². The van der Waals surface area contributed by atoms with Crippen LogP contribution in [0.2, 0.25) is 0 Å². The average Bonchev–Trinajstić information content (AvgIpc) is 1.68. The maximum Gasteiger partial charge on any atom is 0.274 e. The Kier molecular flexibility index (Phi) is 16.7. The zero-order chi connectivity index (χ0) is 61.6. The van der Waals surface area contributed by atoms with Crippen molar-refractivity contribution in [3.8, 4) is 22.8 Å². The zero-order valence-corrected chi connectivity index (χ0v) is 52.8. The van der Waals surface area contributed by atoms with E-state index < -0.39 is 5.91 Å². The predicted molar refractivity (Wildman–Crippen MR) is 355 cm³/mol. The molecule has 9 fully saturated rings. The number of benzene rings is 2. The van der Waals surface area contributed by atoms with Gasteiger partial charge in [-0.25, -0.2) is 19.9 Å². The quantitative estimate of drug-likeness (QED) is 0.0485. The smallest absolute Gasteiger partial charge is 0.274 e. The molecule has 2 amide bonds. The molecule has 2 spiro atoms. The first-order valence-corrected chi connectivity index (χ1v) is 33.6. The van der Waals surface area contributed by atoms with Gasteiger partial charge in [-0.2, -0.15) is 0 Å². The van der Waals surface area contributed by atoms with Gasteiger partial charge < -0.3 is 56.5 Å². The van der Waals surface area contributed by atoms with Crippen molar-refractivity contribution in [3.05, 3.63) is 108 Å². The summed E-state index contributed by atoms with van der Waals surface area (Å²) in [6, 6.07) is 28.1. The normalized spacial score (nSPS) is 24.6. The van der Waals surface area contributed by atoms with Crippen LogP contribution < -0.4 is 42.1 Å². The lowest BCUT2D eigenvalue weighted by Gasteiger charge is -2.43. The number of nitrogens with zero attached hydrogens (tertiary/aromatic N) is 12. The molecule has 2 aromatic carbocycles. The molecule has 4 atom stereocenters. The number of primary amides is 1. The fourth-order valence-corrected chi connectivity index (χ4v) is 15.5. The third-order valence-electron chi connectivity index (χ3n) is 21.5. The number of hydrogen-bond donors (Lipinski definition) is 6. The van der Waals surface area contributed by atoms with E-state index in [0.29, 0.717) is 71.3 Å². The van der Waals surface area contributed by atoms with E-state index in [1.54, 1.807) is 12.4 Å². The Morgan fingerprint density at radius 1 is 0.560 bits per heavy atom. The first-order chi connectivity index (χ1) is 44.5. The van der Waals surface area contributed by atoms with Crippen LogP contribution >= 0.6 is 0 Å². The number of rotatable bonds is 18. The number of piperidine rings is 2. The Hall–Kier alpha value is -7.60. The summed E-state index contributed by atoms with van der Waals surface area (Å²) < 4.78 is 11.9. The number of likely N-dealkylation sites (N-methyl/N-ethyl adjacent to an activating group) is 1. The largest absolute Gasteiger partial charge is 0.381 e. The van der Waals surface area contributed by atoms with Crippen molar-refractivity contribution in [1.29, 1.82) is 0 Å². The number of nitrogens with one attached hydrogen (secondary N) is 5. The summed E-state index contributed by atoms with van der Waals surface area (Å²) in [7, 11) is 2.23. The number of amides is 2. The molecular weight excluding hydrogens is 1140 g/mol. The summed E-state index contributed by atoms with van der Waals surface area (Å²) in [5.74, 6) is 1.02. The molecule has 0 bridgehead atoms. The average molecular weight is 1230 g/mol. The van der Waals surface area contributed by atoms with Crippen LogP contribution in [0.1, 0.15) is 97.2 Å². The number of piperazine rings is 2. The van der Waals surface area contributed by atoms with E-state index >= 15 is 0 Å². The van der Waals surface area contributed by atoms with E-state index in [-0.39, 0.29) is 52.3 Å². The van der Waals surface area contributed by atoms with Crippen LogP contribution in [0.25, 0.3) is 22.8 Å². The molecule has 15 rings (SSSR count). The van der Waals surface area contributed by atoms with Gasteiger partial charge in [-0.05, 0) is 157 Å².